The predicted octanol–water partition coefficient (Wildman–Crippen LogP) is 1.71. The highest BCUT2D eigenvalue weighted by Crippen LogP contribution is 2.24. The summed E-state index contributed by atoms with van der Waals surface area (Å²) in [6, 6.07) is 5.47. The molecule has 0 aliphatic carbocycles. The van der Waals surface area contributed by atoms with Gasteiger partial charge in [-0.25, -0.2) is 0 Å². The topological polar surface area (TPSA) is 49.8 Å². The molecule has 0 aromatic heterocycles. The van der Waals surface area contributed by atoms with E-state index in [9.17, 15) is 9.90 Å². The van der Waals surface area contributed by atoms with Crippen LogP contribution in [0.1, 0.15) is 29.3 Å². The molecule has 1 aliphatic rings. The normalized spacial score (nSPS) is 24.2. The number of methoxy groups -OCH3 is 1. The minimum absolute atomic E-state index is 0.195. The number of benzene rings is 1. The second-order valence-electron chi connectivity index (χ2n) is 5.26. The Kier molecular flexibility index (Phi) is 4.56. The van der Waals surface area contributed by atoms with E-state index in [0.717, 1.165) is 43.7 Å². The first kappa shape index (κ1) is 14.0. The summed E-state index contributed by atoms with van der Waals surface area (Å²) >= 11 is 0. The maximum absolute atomic E-state index is 10.9. The van der Waals surface area contributed by atoms with Gasteiger partial charge in [-0.1, -0.05) is 6.92 Å². The molecule has 1 fully saturated rings. The summed E-state index contributed by atoms with van der Waals surface area (Å²) in [6.45, 7) is 4.56. The van der Waals surface area contributed by atoms with Gasteiger partial charge in [0, 0.05) is 30.8 Å². The van der Waals surface area contributed by atoms with Gasteiger partial charge in [-0.3, -0.25) is 9.69 Å². The van der Waals surface area contributed by atoms with Crippen molar-refractivity contribution in [3.8, 4) is 5.75 Å². The molecule has 1 saturated heterocycles. The Morgan fingerprint density at radius 2 is 2.32 bits per heavy atom. The van der Waals surface area contributed by atoms with Gasteiger partial charge >= 0.3 is 0 Å². The van der Waals surface area contributed by atoms with E-state index < -0.39 is 0 Å². The van der Waals surface area contributed by atoms with Crippen LogP contribution in [0.5, 0.6) is 5.75 Å². The summed E-state index contributed by atoms with van der Waals surface area (Å²) in [5, 5.41) is 9.75. The number of hydrogen-bond acceptors (Lipinski definition) is 4. The molecule has 2 atom stereocenters. The largest absolute Gasteiger partial charge is 0.496 e. The highest BCUT2D eigenvalue weighted by molar-refractivity contribution is 5.75. The van der Waals surface area contributed by atoms with Gasteiger partial charge in [-0.15, -0.1) is 0 Å². The Bertz CT molecular complexity index is 447. The van der Waals surface area contributed by atoms with Crippen molar-refractivity contribution >= 4 is 6.29 Å². The van der Waals surface area contributed by atoms with Gasteiger partial charge in [0.1, 0.15) is 12.0 Å². The summed E-state index contributed by atoms with van der Waals surface area (Å²) in [4.78, 5) is 13.2. The van der Waals surface area contributed by atoms with Crippen LogP contribution in [-0.4, -0.2) is 42.6 Å². The summed E-state index contributed by atoms with van der Waals surface area (Å²) in [5.74, 6) is 1.10. The smallest absolute Gasteiger partial charge is 0.150 e. The van der Waals surface area contributed by atoms with Gasteiger partial charge in [-0.2, -0.15) is 0 Å². The molecule has 1 aromatic carbocycles. The first-order chi connectivity index (χ1) is 9.13. The molecule has 2 rings (SSSR count). The van der Waals surface area contributed by atoms with Crippen LogP contribution in [0.25, 0.3) is 0 Å². The number of carbonyl (C=O) groups is 1. The molecule has 1 aromatic rings. The van der Waals surface area contributed by atoms with Crippen molar-refractivity contribution in [2.24, 2.45) is 5.92 Å². The van der Waals surface area contributed by atoms with Crippen LogP contribution in [-0.2, 0) is 6.54 Å². The van der Waals surface area contributed by atoms with E-state index in [1.54, 1.807) is 13.2 Å². The number of piperidine rings is 1. The molecule has 4 nitrogen and oxygen atoms in total. The molecule has 1 aliphatic heterocycles. The zero-order valence-corrected chi connectivity index (χ0v) is 11.5. The summed E-state index contributed by atoms with van der Waals surface area (Å²) in [7, 11) is 1.64. The first-order valence-electron chi connectivity index (χ1n) is 6.66. The van der Waals surface area contributed by atoms with E-state index in [-0.39, 0.29) is 12.0 Å². The van der Waals surface area contributed by atoms with E-state index in [4.69, 9.17) is 4.74 Å². The SMILES string of the molecule is COc1ccc(C=O)cc1CN1CCC(O)C(C)C1. The third kappa shape index (κ3) is 3.33. The average molecular weight is 263 g/mol. The van der Waals surface area contributed by atoms with E-state index in [2.05, 4.69) is 11.8 Å². The Balaban J connectivity index is 2.11. The monoisotopic (exact) mass is 263 g/mol. The molecule has 0 spiro atoms. The maximum Gasteiger partial charge on any atom is 0.150 e. The van der Waals surface area contributed by atoms with E-state index in [1.807, 2.05) is 12.1 Å². The molecule has 4 heteroatoms. The molecular weight excluding hydrogens is 242 g/mol. The number of hydrogen-bond donors (Lipinski definition) is 1. The minimum Gasteiger partial charge on any atom is -0.496 e. The third-order valence-electron chi connectivity index (χ3n) is 3.78. The number of likely N-dealkylation sites (tertiary alicyclic amines) is 1. The highest BCUT2D eigenvalue weighted by atomic mass is 16.5. The molecule has 0 radical (unpaired) electrons. The van der Waals surface area contributed by atoms with Crippen LogP contribution in [0.4, 0.5) is 0 Å². The van der Waals surface area contributed by atoms with Crippen molar-refractivity contribution in [1.29, 1.82) is 0 Å². The molecule has 0 saturated carbocycles. The highest BCUT2D eigenvalue weighted by Gasteiger charge is 2.24. The van der Waals surface area contributed by atoms with Crippen molar-refractivity contribution in [1.82, 2.24) is 4.90 Å². The van der Waals surface area contributed by atoms with Crippen molar-refractivity contribution in [2.45, 2.75) is 26.0 Å². The summed E-state index contributed by atoms with van der Waals surface area (Å²) < 4.78 is 5.34. The van der Waals surface area contributed by atoms with Gasteiger partial charge in [0.2, 0.25) is 0 Å². The maximum atomic E-state index is 10.9. The van der Waals surface area contributed by atoms with Gasteiger partial charge in [0.05, 0.1) is 13.2 Å². The number of nitrogens with zero attached hydrogens (tertiary/aromatic N) is 1. The number of carbonyl (C=O) groups excluding carboxylic acids is 1. The molecular formula is C15H21NO3. The second-order valence-corrected chi connectivity index (χ2v) is 5.26. The van der Waals surface area contributed by atoms with Crippen molar-refractivity contribution in [2.75, 3.05) is 20.2 Å². The van der Waals surface area contributed by atoms with E-state index in [1.165, 1.54) is 0 Å². The molecule has 2 unspecified atom stereocenters. The van der Waals surface area contributed by atoms with Crippen LogP contribution in [0.15, 0.2) is 18.2 Å². The fourth-order valence-electron chi connectivity index (χ4n) is 2.60. The zero-order valence-electron chi connectivity index (χ0n) is 11.5. The fourth-order valence-corrected chi connectivity index (χ4v) is 2.60. The number of rotatable bonds is 4. The number of ether oxygens (including phenoxy) is 1. The zero-order chi connectivity index (χ0) is 13.8. The van der Waals surface area contributed by atoms with Crippen LogP contribution in [0.3, 0.4) is 0 Å². The lowest BCUT2D eigenvalue weighted by Crippen LogP contribution is -2.41. The fraction of sp³-hybridized carbons (Fsp3) is 0.533. The number of aliphatic hydroxyl groups is 1. The van der Waals surface area contributed by atoms with Crippen molar-refractivity contribution < 1.29 is 14.6 Å². The van der Waals surface area contributed by atoms with Crippen LogP contribution in [0, 0.1) is 5.92 Å². The lowest BCUT2D eigenvalue weighted by atomic mass is 9.96. The molecule has 104 valence electrons. The Hall–Kier alpha value is -1.39. The molecule has 1 heterocycles. The van der Waals surface area contributed by atoms with Gasteiger partial charge in [0.15, 0.2) is 0 Å². The predicted molar refractivity (Wildman–Crippen MR) is 73.4 cm³/mol. The Morgan fingerprint density at radius 1 is 1.53 bits per heavy atom. The van der Waals surface area contributed by atoms with Gasteiger partial charge < -0.3 is 9.84 Å². The lowest BCUT2D eigenvalue weighted by molar-refractivity contribution is 0.0318. The molecule has 19 heavy (non-hydrogen) atoms. The van der Waals surface area contributed by atoms with Gasteiger partial charge in [-0.05, 0) is 30.5 Å². The van der Waals surface area contributed by atoms with Crippen molar-refractivity contribution in [3.05, 3.63) is 29.3 Å². The summed E-state index contributed by atoms with van der Waals surface area (Å²) in [5.41, 5.74) is 1.69. The van der Waals surface area contributed by atoms with Crippen LogP contribution < -0.4 is 4.74 Å². The average Bonchev–Trinajstić information content (AvgIpc) is 2.43. The molecule has 0 amide bonds. The minimum atomic E-state index is -0.195. The van der Waals surface area contributed by atoms with Crippen LogP contribution in [0.2, 0.25) is 0 Å². The van der Waals surface area contributed by atoms with E-state index >= 15 is 0 Å². The molecule has 1 N–H and O–H groups in total. The standard InChI is InChI=1S/C15H21NO3/c1-11-8-16(6-5-14(11)18)9-13-7-12(10-17)3-4-15(13)19-2/h3-4,7,10-11,14,18H,5-6,8-9H2,1-2H3. The molecule has 0 bridgehead atoms. The Labute approximate surface area is 114 Å². The second kappa shape index (κ2) is 6.17. The quantitative estimate of drug-likeness (QED) is 0.840. The first-order valence-corrected chi connectivity index (χ1v) is 6.66. The Morgan fingerprint density at radius 3 is 2.95 bits per heavy atom. The lowest BCUT2D eigenvalue weighted by Gasteiger charge is -2.34. The number of aldehydes is 1. The third-order valence-corrected chi connectivity index (χ3v) is 3.78. The van der Waals surface area contributed by atoms with Crippen LogP contribution >= 0.6 is 0 Å². The van der Waals surface area contributed by atoms with Crippen molar-refractivity contribution in [3.63, 3.8) is 0 Å². The van der Waals surface area contributed by atoms with Gasteiger partial charge in [0.25, 0.3) is 0 Å². The number of aliphatic hydroxyl groups excluding tert-OH is 1. The summed E-state index contributed by atoms with van der Waals surface area (Å²) in [6.07, 6.45) is 1.46. The van der Waals surface area contributed by atoms with E-state index in [0.29, 0.717) is 5.56 Å².